The Morgan fingerprint density at radius 1 is 1.42 bits per heavy atom. The van der Waals surface area contributed by atoms with E-state index < -0.39 is 5.54 Å². The van der Waals surface area contributed by atoms with Crippen LogP contribution in [0.5, 0.6) is 5.75 Å². The zero-order chi connectivity index (χ0) is 14.6. The maximum Gasteiger partial charge on any atom is 0.260 e. The molecule has 6 heteroatoms. The van der Waals surface area contributed by atoms with Gasteiger partial charge in [0, 0.05) is 12.1 Å². The Labute approximate surface area is 122 Å². The average Bonchev–Trinajstić information content (AvgIpc) is 2.36. The molecule has 0 aliphatic rings. The summed E-state index contributed by atoms with van der Waals surface area (Å²) in [6.45, 7) is 3.25. The minimum absolute atomic E-state index is 0.128. The highest BCUT2D eigenvalue weighted by molar-refractivity contribution is 6.35. The molecule has 106 valence electrons. The van der Waals surface area contributed by atoms with E-state index >= 15 is 0 Å². The summed E-state index contributed by atoms with van der Waals surface area (Å²) in [7, 11) is 1.62. The molecule has 0 aromatic heterocycles. The number of benzene rings is 1. The lowest BCUT2D eigenvalue weighted by molar-refractivity contribution is -0.138. The van der Waals surface area contributed by atoms with Crippen molar-refractivity contribution in [3.8, 4) is 5.75 Å². The molecule has 1 rings (SSSR count). The number of aliphatic hydroxyl groups is 1. The van der Waals surface area contributed by atoms with Crippen LogP contribution in [0.15, 0.2) is 18.2 Å². The summed E-state index contributed by atoms with van der Waals surface area (Å²) in [5.41, 5.74) is -0.635. The molecule has 0 spiro atoms. The standard InChI is InChI=1S/C13H17Cl2NO3/c1-13(2,8-17)16(3)12(18)7-19-11-5-4-9(14)6-10(11)15/h4-6,17H,7-8H2,1-3H3. The first-order chi connectivity index (χ1) is 8.77. The van der Waals surface area contributed by atoms with Gasteiger partial charge in [0.2, 0.25) is 0 Å². The van der Waals surface area contributed by atoms with Crippen LogP contribution >= 0.6 is 23.2 Å². The van der Waals surface area contributed by atoms with Crippen molar-refractivity contribution in [1.82, 2.24) is 4.90 Å². The summed E-state index contributed by atoms with van der Waals surface area (Å²) in [6.07, 6.45) is 0. The monoisotopic (exact) mass is 305 g/mol. The SMILES string of the molecule is CN(C(=O)COc1ccc(Cl)cc1Cl)C(C)(C)CO. The molecule has 0 aliphatic carbocycles. The molecule has 0 unspecified atom stereocenters. The number of nitrogens with zero attached hydrogens (tertiary/aromatic N) is 1. The summed E-state index contributed by atoms with van der Waals surface area (Å²) in [6, 6.07) is 4.79. The Kier molecular flexibility index (Phi) is 5.47. The maximum atomic E-state index is 11.9. The second-order valence-corrected chi connectivity index (χ2v) is 5.63. The highest BCUT2D eigenvalue weighted by Gasteiger charge is 2.26. The fourth-order valence-corrected chi connectivity index (χ4v) is 1.74. The molecular weight excluding hydrogens is 289 g/mol. The van der Waals surface area contributed by atoms with E-state index in [2.05, 4.69) is 0 Å². The molecular formula is C13H17Cl2NO3. The van der Waals surface area contributed by atoms with Crippen molar-refractivity contribution in [1.29, 1.82) is 0 Å². The molecule has 19 heavy (non-hydrogen) atoms. The Balaban J connectivity index is 2.64. The van der Waals surface area contributed by atoms with Gasteiger partial charge in [0.25, 0.3) is 5.91 Å². The van der Waals surface area contributed by atoms with Crippen LogP contribution in [0.2, 0.25) is 10.0 Å². The number of likely N-dealkylation sites (N-methyl/N-ethyl adjacent to an activating group) is 1. The topological polar surface area (TPSA) is 49.8 Å². The molecule has 1 amide bonds. The van der Waals surface area contributed by atoms with E-state index in [1.165, 1.54) is 4.90 Å². The van der Waals surface area contributed by atoms with Crippen molar-refractivity contribution in [3.63, 3.8) is 0 Å². The van der Waals surface area contributed by atoms with Crippen molar-refractivity contribution in [2.75, 3.05) is 20.3 Å². The smallest absolute Gasteiger partial charge is 0.260 e. The summed E-state index contributed by atoms with van der Waals surface area (Å²) in [4.78, 5) is 13.4. The van der Waals surface area contributed by atoms with Gasteiger partial charge in [-0.25, -0.2) is 0 Å². The first kappa shape index (κ1) is 16.1. The lowest BCUT2D eigenvalue weighted by Gasteiger charge is -2.33. The predicted molar refractivity (Wildman–Crippen MR) is 75.9 cm³/mol. The number of carbonyl (C=O) groups excluding carboxylic acids is 1. The largest absolute Gasteiger partial charge is 0.482 e. The Morgan fingerprint density at radius 2 is 2.05 bits per heavy atom. The molecule has 4 nitrogen and oxygen atoms in total. The zero-order valence-corrected chi connectivity index (χ0v) is 12.6. The number of carbonyl (C=O) groups is 1. The summed E-state index contributed by atoms with van der Waals surface area (Å²) in [5, 5.41) is 10.1. The molecule has 0 saturated heterocycles. The number of aliphatic hydroxyl groups excluding tert-OH is 1. The highest BCUT2D eigenvalue weighted by Crippen LogP contribution is 2.27. The molecule has 0 radical (unpaired) electrons. The van der Waals surface area contributed by atoms with Crippen molar-refractivity contribution in [2.45, 2.75) is 19.4 Å². The quantitative estimate of drug-likeness (QED) is 0.909. The number of amides is 1. The third kappa shape index (κ3) is 4.27. The Morgan fingerprint density at radius 3 is 2.58 bits per heavy atom. The van der Waals surface area contributed by atoms with Gasteiger partial charge < -0.3 is 14.7 Å². The summed E-state index contributed by atoms with van der Waals surface area (Å²) >= 11 is 11.7. The minimum atomic E-state index is -0.635. The van der Waals surface area contributed by atoms with Crippen LogP contribution in [0.4, 0.5) is 0 Å². The predicted octanol–water partition coefficient (Wildman–Crippen LogP) is 2.60. The van der Waals surface area contributed by atoms with Gasteiger partial charge in [-0.05, 0) is 32.0 Å². The molecule has 0 saturated carbocycles. The van der Waals surface area contributed by atoms with Crippen LogP contribution < -0.4 is 4.74 Å². The van der Waals surface area contributed by atoms with Gasteiger partial charge in [-0.3, -0.25) is 4.79 Å². The molecule has 1 aromatic rings. The van der Waals surface area contributed by atoms with Crippen molar-refractivity contribution >= 4 is 29.1 Å². The third-order valence-corrected chi connectivity index (χ3v) is 3.44. The van der Waals surface area contributed by atoms with E-state index in [0.29, 0.717) is 15.8 Å². The van der Waals surface area contributed by atoms with Crippen LogP contribution in [0, 0.1) is 0 Å². The van der Waals surface area contributed by atoms with Gasteiger partial charge in [-0.15, -0.1) is 0 Å². The molecule has 0 heterocycles. The lowest BCUT2D eigenvalue weighted by atomic mass is 10.1. The number of rotatable bonds is 5. The van der Waals surface area contributed by atoms with Crippen molar-refractivity contribution in [3.05, 3.63) is 28.2 Å². The minimum Gasteiger partial charge on any atom is -0.482 e. The van der Waals surface area contributed by atoms with Gasteiger partial charge >= 0.3 is 0 Å². The first-order valence-electron chi connectivity index (χ1n) is 5.73. The van der Waals surface area contributed by atoms with Gasteiger partial charge in [-0.1, -0.05) is 23.2 Å². The number of ether oxygens (including phenoxy) is 1. The molecule has 0 bridgehead atoms. The van der Waals surface area contributed by atoms with Crippen LogP contribution in [0.3, 0.4) is 0 Å². The van der Waals surface area contributed by atoms with E-state index in [9.17, 15) is 9.90 Å². The normalized spacial score (nSPS) is 11.3. The molecule has 1 aromatic carbocycles. The lowest BCUT2D eigenvalue weighted by Crippen LogP contribution is -2.49. The number of hydrogen-bond donors (Lipinski definition) is 1. The zero-order valence-electron chi connectivity index (χ0n) is 11.1. The van der Waals surface area contributed by atoms with Crippen LogP contribution in [0.1, 0.15) is 13.8 Å². The number of halogens is 2. The van der Waals surface area contributed by atoms with Crippen molar-refractivity contribution < 1.29 is 14.6 Å². The van der Waals surface area contributed by atoms with Crippen molar-refractivity contribution in [2.24, 2.45) is 0 Å². The van der Waals surface area contributed by atoms with Gasteiger partial charge in [0.1, 0.15) is 5.75 Å². The highest BCUT2D eigenvalue weighted by atomic mass is 35.5. The fourth-order valence-electron chi connectivity index (χ4n) is 1.27. The van der Waals surface area contributed by atoms with Gasteiger partial charge in [-0.2, -0.15) is 0 Å². The Hall–Kier alpha value is -0.970. The fraction of sp³-hybridized carbons (Fsp3) is 0.462. The molecule has 0 fully saturated rings. The molecule has 1 N–H and O–H groups in total. The summed E-state index contributed by atoms with van der Waals surface area (Å²) < 4.78 is 5.35. The maximum absolute atomic E-state index is 11.9. The second kappa shape index (κ2) is 6.46. The Bertz CT molecular complexity index is 463. The van der Waals surface area contributed by atoms with Gasteiger partial charge in [0.05, 0.1) is 17.2 Å². The summed E-state index contributed by atoms with van der Waals surface area (Å²) in [5.74, 6) is 0.152. The molecule has 0 atom stereocenters. The molecule has 0 aliphatic heterocycles. The van der Waals surface area contributed by atoms with E-state index in [-0.39, 0.29) is 19.1 Å². The van der Waals surface area contributed by atoms with E-state index in [1.54, 1.807) is 39.1 Å². The van der Waals surface area contributed by atoms with E-state index in [1.807, 2.05) is 0 Å². The average molecular weight is 306 g/mol. The van der Waals surface area contributed by atoms with Crippen LogP contribution in [-0.2, 0) is 4.79 Å². The third-order valence-electron chi connectivity index (χ3n) is 2.91. The van der Waals surface area contributed by atoms with Crippen LogP contribution in [0.25, 0.3) is 0 Å². The second-order valence-electron chi connectivity index (χ2n) is 4.79. The van der Waals surface area contributed by atoms with E-state index in [0.717, 1.165) is 0 Å². The number of hydrogen-bond acceptors (Lipinski definition) is 3. The van der Waals surface area contributed by atoms with Gasteiger partial charge in [0.15, 0.2) is 6.61 Å². The van der Waals surface area contributed by atoms with Crippen LogP contribution in [-0.4, -0.2) is 41.7 Å². The van der Waals surface area contributed by atoms with E-state index in [4.69, 9.17) is 27.9 Å². The first-order valence-corrected chi connectivity index (χ1v) is 6.49.